The standard InChI is InChI=1S/C19H19ClN4OS/c1-13(14-6-4-3-5-7-14)24(2)17(25)12-26-19-21-18(22-23-19)15-8-10-16(20)11-9-15/h3-11,13H,12H2,1-2H3,(H,21,22,23). The van der Waals surface area contributed by atoms with Crippen LogP contribution in [0.3, 0.4) is 0 Å². The average molecular weight is 387 g/mol. The highest BCUT2D eigenvalue weighted by molar-refractivity contribution is 7.99. The predicted molar refractivity (Wildman–Crippen MR) is 105 cm³/mol. The molecule has 3 aromatic rings. The van der Waals surface area contributed by atoms with Crippen molar-refractivity contribution in [3.8, 4) is 11.4 Å². The van der Waals surface area contributed by atoms with Crippen molar-refractivity contribution in [3.05, 3.63) is 65.2 Å². The van der Waals surface area contributed by atoms with Gasteiger partial charge in [-0.05, 0) is 36.8 Å². The maximum Gasteiger partial charge on any atom is 0.233 e. The fraction of sp³-hybridized carbons (Fsp3) is 0.211. The summed E-state index contributed by atoms with van der Waals surface area (Å²) in [5, 5.41) is 8.28. The topological polar surface area (TPSA) is 61.9 Å². The molecule has 0 saturated heterocycles. The van der Waals surface area contributed by atoms with Crippen LogP contribution in [-0.4, -0.2) is 38.8 Å². The molecule has 0 aliphatic carbocycles. The zero-order valence-electron chi connectivity index (χ0n) is 14.5. The van der Waals surface area contributed by atoms with E-state index in [0.29, 0.717) is 16.0 Å². The zero-order valence-corrected chi connectivity index (χ0v) is 16.1. The molecule has 26 heavy (non-hydrogen) atoms. The lowest BCUT2D eigenvalue weighted by Gasteiger charge is -2.25. The molecule has 134 valence electrons. The minimum absolute atomic E-state index is 0.0149. The minimum Gasteiger partial charge on any atom is -0.338 e. The molecule has 0 saturated carbocycles. The van der Waals surface area contributed by atoms with Gasteiger partial charge in [-0.1, -0.05) is 53.7 Å². The van der Waals surface area contributed by atoms with Crippen molar-refractivity contribution < 1.29 is 4.79 Å². The van der Waals surface area contributed by atoms with Gasteiger partial charge in [0.2, 0.25) is 11.1 Å². The van der Waals surface area contributed by atoms with E-state index in [1.807, 2.05) is 56.4 Å². The molecule has 0 aliphatic heterocycles. The van der Waals surface area contributed by atoms with Gasteiger partial charge in [0.15, 0.2) is 5.82 Å². The third-order valence-corrected chi connectivity index (χ3v) is 5.25. The smallest absolute Gasteiger partial charge is 0.233 e. The Hall–Kier alpha value is -2.31. The Morgan fingerprint density at radius 3 is 2.58 bits per heavy atom. The van der Waals surface area contributed by atoms with Gasteiger partial charge in [-0.2, -0.15) is 0 Å². The molecule has 0 radical (unpaired) electrons. The second-order valence-electron chi connectivity index (χ2n) is 5.85. The summed E-state index contributed by atoms with van der Waals surface area (Å²) in [6.45, 7) is 2.02. The molecule has 5 nitrogen and oxygen atoms in total. The first-order chi connectivity index (χ1) is 12.5. The van der Waals surface area contributed by atoms with E-state index < -0.39 is 0 Å². The Morgan fingerprint density at radius 2 is 1.88 bits per heavy atom. The maximum atomic E-state index is 12.5. The van der Waals surface area contributed by atoms with Gasteiger partial charge in [0.1, 0.15) is 0 Å². The molecule has 7 heteroatoms. The van der Waals surface area contributed by atoms with E-state index >= 15 is 0 Å². The molecule has 1 aromatic heterocycles. The SMILES string of the molecule is CC(c1ccccc1)N(C)C(=O)CSc1n[nH]c(-c2ccc(Cl)cc2)n1. The van der Waals surface area contributed by atoms with Crippen LogP contribution in [0.15, 0.2) is 59.8 Å². The largest absolute Gasteiger partial charge is 0.338 e. The Balaban J connectivity index is 1.58. The molecule has 1 atom stereocenters. The van der Waals surface area contributed by atoms with Crippen molar-refractivity contribution in [2.75, 3.05) is 12.8 Å². The van der Waals surface area contributed by atoms with Gasteiger partial charge in [-0.15, -0.1) is 5.10 Å². The van der Waals surface area contributed by atoms with Crippen LogP contribution in [0.1, 0.15) is 18.5 Å². The van der Waals surface area contributed by atoms with Gasteiger partial charge >= 0.3 is 0 Å². The van der Waals surface area contributed by atoms with Crippen LogP contribution in [0.25, 0.3) is 11.4 Å². The summed E-state index contributed by atoms with van der Waals surface area (Å²) in [7, 11) is 1.82. The van der Waals surface area contributed by atoms with Crippen LogP contribution in [0.2, 0.25) is 5.02 Å². The molecule has 1 N–H and O–H groups in total. The number of amides is 1. The number of rotatable bonds is 6. The molecule has 0 bridgehead atoms. The summed E-state index contributed by atoms with van der Waals surface area (Å²) in [5.74, 6) is 0.970. The second kappa shape index (κ2) is 8.38. The lowest BCUT2D eigenvalue weighted by molar-refractivity contribution is -0.128. The second-order valence-corrected chi connectivity index (χ2v) is 7.23. The number of carbonyl (C=O) groups excluding carboxylic acids is 1. The number of hydrogen-bond donors (Lipinski definition) is 1. The van der Waals surface area contributed by atoms with E-state index in [2.05, 4.69) is 15.2 Å². The molecule has 1 heterocycles. The normalized spacial score (nSPS) is 12.0. The lowest BCUT2D eigenvalue weighted by atomic mass is 10.1. The Labute approximate surface area is 161 Å². The lowest BCUT2D eigenvalue weighted by Crippen LogP contribution is -2.31. The van der Waals surface area contributed by atoms with E-state index in [-0.39, 0.29) is 17.7 Å². The number of nitrogens with zero attached hydrogens (tertiary/aromatic N) is 3. The van der Waals surface area contributed by atoms with Crippen LogP contribution in [0, 0.1) is 0 Å². The third kappa shape index (κ3) is 4.45. The molecule has 1 amide bonds. The summed E-state index contributed by atoms with van der Waals surface area (Å²) >= 11 is 7.21. The van der Waals surface area contributed by atoms with E-state index in [1.165, 1.54) is 11.8 Å². The van der Waals surface area contributed by atoms with Gasteiger partial charge in [-0.3, -0.25) is 9.89 Å². The summed E-state index contributed by atoms with van der Waals surface area (Å²) in [4.78, 5) is 18.6. The maximum absolute atomic E-state index is 12.5. The van der Waals surface area contributed by atoms with Crippen molar-refractivity contribution in [2.45, 2.75) is 18.1 Å². The highest BCUT2D eigenvalue weighted by Crippen LogP contribution is 2.23. The predicted octanol–water partition coefficient (Wildman–Crippen LogP) is 4.44. The Bertz CT molecular complexity index is 867. The fourth-order valence-electron chi connectivity index (χ4n) is 2.45. The van der Waals surface area contributed by atoms with Crippen molar-refractivity contribution >= 4 is 29.3 Å². The number of hydrogen-bond acceptors (Lipinski definition) is 4. The van der Waals surface area contributed by atoms with Crippen molar-refractivity contribution in [3.63, 3.8) is 0 Å². The summed E-state index contributed by atoms with van der Waals surface area (Å²) < 4.78 is 0. The molecular weight excluding hydrogens is 368 g/mol. The highest BCUT2D eigenvalue weighted by Gasteiger charge is 2.18. The van der Waals surface area contributed by atoms with Gasteiger partial charge in [0.05, 0.1) is 11.8 Å². The zero-order chi connectivity index (χ0) is 18.5. The number of aromatic amines is 1. The number of H-pyrrole nitrogens is 1. The monoisotopic (exact) mass is 386 g/mol. The molecule has 0 spiro atoms. The third-order valence-electron chi connectivity index (χ3n) is 4.16. The molecule has 1 unspecified atom stereocenters. The molecule has 2 aromatic carbocycles. The van der Waals surface area contributed by atoms with Crippen LogP contribution in [-0.2, 0) is 4.79 Å². The van der Waals surface area contributed by atoms with E-state index in [4.69, 9.17) is 11.6 Å². The van der Waals surface area contributed by atoms with E-state index in [9.17, 15) is 4.79 Å². The van der Waals surface area contributed by atoms with Crippen molar-refractivity contribution in [1.29, 1.82) is 0 Å². The summed E-state index contributed by atoms with van der Waals surface area (Å²) in [6.07, 6.45) is 0. The van der Waals surface area contributed by atoms with E-state index in [1.54, 1.807) is 17.0 Å². The van der Waals surface area contributed by atoms with Crippen molar-refractivity contribution in [1.82, 2.24) is 20.1 Å². The van der Waals surface area contributed by atoms with Gasteiger partial charge in [0.25, 0.3) is 0 Å². The quantitative estimate of drug-likeness (QED) is 0.636. The van der Waals surface area contributed by atoms with Gasteiger partial charge in [0, 0.05) is 17.6 Å². The number of nitrogens with one attached hydrogen (secondary N) is 1. The molecule has 0 aliphatic rings. The van der Waals surface area contributed by atoms with Crippen molar-refractivity contribution in [2.24, 2.45) is 0 Å². The highest BCUT2D eigenvalue weighted by atomic mass is 35.5. The number of halogens is 1. The molecular formula is C19H19ClN4OS. The van der Waals surface area contributed by atoms with Crippen LogP contribution in [0.5, 0.6) is 0 Å². The summed E-state index contributed by atoms with van der Waals surface area (Å²) in [5.41, 5.74) is 2.01. The fourth-order valence-corrected chi connectivity index (χ4v) is 3.30. The Morgan fingerprint density at radius 1 is 1.19 bits per heavy atom. The first-order valence-electron chi connectivity index (χ1n) is 8.16. The Kier molecular flexibility index (Phi) is 5.96. The first-order valence-corrected chi connectivity index (χ1v) is 9.52. The number of benzene rings is 2. The number of thioether (sulfide) groups is 1. The van der Waals surface area contributed by atoms with E-state index in [0.717, 1.165) is 11.1 Å². The summed E-state index contributed by atoms with van der Waals surface area (Å²) in [6, 6.07) is 17.3. The molecule has 3 rings (SSSR count). The average Bonchev–Trinajstić information content (AvgIpc) is 3.15. The number of aromatic nitrogens is 3. The van der Waals surface area contributed by atoms with Gasteiger partial charge in [-0.25, -0.2) is 4.98 Å². The number of carbonyl (C=O) groups is 1. The van der Waals surface area contributed by atoms with Crippen LogP contribution >= 0.6 is 23.4 Å². The van der Waals surface area contributed by atoms with Crippen LogP contribution in [0.4, 0.5) is 0 Å². The van der Waals surface area contributed by atoms with Crippen LogP contribution < -0.4 is 0 Å². The minimum atomic E-state index is 0.0149. The first kappa shape index (κ1) is 18.5. The molecule has 0 fully saturated rings. The van der Waals surface area contributed by atoms with Gasteiger partial charge < -0.3 is 4.90 Å².